The molecule has 2 amide bonds. The molecule has 0 saturated carbocycles. The maximum absolute atomic E-state index is 13.4. The van der Waals surface area contributed by atoms with Gasteiger partial charge in [-0.1, -0.05) is 31.2 Å². The molecule has 6 heteroatoms. The zero-order valence-corrected chi connectivity index (χ0v) is 19.0. The van der Waals surface area contributed by atoms with E-state index >= 15 is 0 Å². The van der Waals surface area contributed by atoms with Gasteiger partial charge in [0.25, 0.3) is 5.91 Å². The molecule has 1 aliphatic rings. The Balaban J connectivity index is 1.58. The predicted molar refractivity (Wildman–Crippen MR) is 128 cm³/mol. The summed E-state index contributed by atoms with van der Waals surface area (Å²) in [5.74, 6) is -0.00686. The van der Waals surface area contributed by atoms with Gasteiger partial charge in [0, 0.05) is 50.0 Å². The Labute approximate surface area is 195 Å². The lowest BCUT2D eigenvalue weighted by Crippen LogP contribution is -2.54. The van der Waals surface area contributed by atoms with Crippen LogP contribution in [0.3, 0.4) is 0 Å². The monoisotopic (exact) mass is 442 g/mol. The fraction of sp³-hybridized carbons (Fsp3) is 0.333. The molecular weight excluding hydrogens is 412 g/mol. The van der Waals surface area contributed by atoms with Crippen LogP contribution in [0.15, 0.2) is 73.3 Å². The van der Waals surface area contributed by atoms with Gasteiger partial charge in [-0.25, -0.2) is 0 Å². The number of rotatable bonds is 7. The molecule has 0 spiro atoms. The normalized spacial score (nSPS) is 18.0. The van der Waals surface area contributed by atoms with Gasteiger partial charge in [0.2, 0.25) is 5.91 Å². The molecule has 2 aromatic heterocycles. The molecule has 1 aromatic carbocycles. The van der Waals surface area contributed by atoms with Crippen molar-refractivity contribution in [1.29, 1.82) is 0 Å². The van der Waals surface area contributed by atoms with Crippen molar-refractivity contribution in [3.8, 4) is 11.1 Å². The van der Waals surface area contributed by atoms with Crippen molar-refractivity contribution in [2.24, 2.45) is 5.41 Å². The van der Waals surface area contributed by atoms with E-state index in [0.29, 0.717) is 31.6 Å². The molecule has 0 radical (unpaired) electrons. The molecule has 1 saturated heterocycles. The zero-order chi connectivity index (χ0) is 23.1. The maximum Gasteiger partial charge on any atom is 0.253 e. The highest BCUT2D eigenvalue weighted by Gasteiger charge is 2.43. The Kier molecular flexibility index (Phi) is 7.13. The van der Waals surface area contributed by atoms with Crippen LogP contribution in [0.2, 0.25) is 0 Å². The van der Waals surface area contributed by atoms with Crippen molar-refractivity contribution in [2.45, 2.75) is 32.6 Å². The van der Waals surface area contributed by atoms with E-state index in [4.69, 9.17) is 0 Å². The molecule has 0 bridgehead atoms. The Hall–Kier alpha value is -3.54. The number of nitrogens with zero attached hydrogens (tertiary/aromatic N) is 3. The van der Waals surface area contributed by atoms with Crippen LogP contribution >= 0.6 is 0 Å². The Bertz CT molecular complexity index is 1070. The average Bonchev–Trinajstić information content (AvgIpc) is 2.88. The summed E-state index contributed by atoms with van der Waals surface area (Å²) in [5.41, 5.74) is 3.28. The van der Waals surface area contributed by atoms with Crippen molar-refractivity contribution < 1.29 is 9.59 Å². The summed E-state index contributed by atoms with van der Waals surface area (Å²) in [6, 6.07) is 15.8. The molecule has 1 fully saturated rings. The van der Waals surface area contributed by atoms with Crippen LogP contribution in [-0.4, -0.2) is 46.3 Å². The third-order valence-electron chi connectivity index (χ3n) is 6.32. The van der Waals surface area contributed by atoms with Crippen molar-refractivity contribution in [2.75, 3.05) is 19.6 Å². The molecule has 1 atom stereocenters. The fourth-order valence-electron chi connectivity index (χ4n) is 4.57. The lowest BCUT2D eigenvalue weighted by Gasteiger charge is -2.42. The smallest absolute Gasteiger partial charge is 0.253 e. The van der Waals surface area contributed by atoms with Crippen LogP contribution in [-0.2, 0) is 11.2 Å². The Morgan fingerprint density at radius 2 is 1.58 bits per heavy atom. The first kappa shape index (κ1) is 22.6. The first-order valence-corrected chi connectivity index (χ1v) is 11.6. The fourth-order valence-corrected chi connectivity index (χ4v) is 4.57. The van der Waals surface area contributed by atoms with Gasteiger partial charge in [-0.15, -0.1) is 0 Å². The van der Waals surface area contributed by atoms with Crippen molar-refractivity contribution in [1.82, 2.24) is 20.2 Å². The summed E-state index contributed by atoms with van der Waals surface area (Å²) in [7, 11) is 0. The molecule has 0 aliphatic carbocycles. The molecule has 1 aliphatic heterocycles. The van der Waals surface area contributed by atoms with Gasteiger partial charge in [0.1, 0.15) is 0 Å². The van der Waals surface area contributed by atoms with Gasteiger partial charge in [-0.2, -0.15) is 0 Å². The van der Waals surface area contributed by atoms with Crippen molar-refractivity contribution in [3.05, 3.63) is 84.4 Å². The lowest BCUT2D eigenvalue weighted by molar-refractivity contribution is -0.133. The first-order valence-electron chi connectivity index (χ1n) is 11.6. The largest absolute Gasteiger partial charge is 0.356 e. The van der Waals surface area contributed by atoms with E-state index < -0.39 is 5.41 Å². The van der Waals surface area contributed by atoms with Crippen LogP contribution in [0.25, 0.3) is 11.1 Å². The number of amides is 2. The van der Waals surface area contributed by atoms with E-state index in [-0.39, 0.29) is 11.8 Å². The first-order chi connectivity index (χ1) is 16.1. The standard InChI is InChI=1S/C27H30N4O2/c1-2-13-30-26(33)27(12-3-18-31(20-27)25(32)24-10-16-29-17-11-24)19-21-4-6-22(7-5-21)23-8-14-28-15-9-23/h4-11,14-17H,2-3,12-13,18-20H2,1H3,(H,30,33). The summed E-state index contributed by atoms with van der Waals surface area (Å²) < 4.78 is 0. The highest BCUT2D eigenvalue weighted by atomic mass is 16.2. The molecule has 3 aromatic rings. The number of likely N-dealkylation sites (tertiary alicyclic amines) is 1. The molecule has 6 nitrogen and oxygen atoms in total. The van der Waals surface area contributed by atoms with Crippen LogP contribution in [0.1, 0.15) is 42.1 Å². The number of hydrogen-bond acceptors (Lipinski definition) is 4. The Morgan fingerprint density at radius 1 is 0.939 bits per heavy atom. The quantitative estimate of drug-likeness (QED) is 0.597. The summed E-state index contributed by atoms with van der Waals surface area (Å²) >= 11 is 0. The van der Waals surface area contributed by atoms with Crippen LogP contribution < -0.4 is 5.32 Å². The molecule has 4 rings (SSSR count). The minimum absolute atomic E-state index is 0.0368. The molecular formula is C27H30N4O2. The van der Waals surface area contributed by atoms with Crippen LogP contribution in [0.5, 0.6) is 0 Å². The van der Waals surface area contributed by atoms with E-state index in [1.807, 2.05) is 24.0 Å². The predicted octanol–water partition coefficient (Wildman–Crippen LogP) is 4.13. The Morgan fingerprint density at radius 3 is 2.24 bits per heavy atom. The third-order valence-corrected chi connectivity index (χ3v) is 6.32. The number of piperidine rings is 1. The highest BCUT2D eigenvalue weighted by molar-refractivity contribution is 5.95. The third kappa shape index (κ3) is 5.28. The number of benzene rings is 1. The van der Waals surface area contributed by atoms with Gasteiger partial charge in [0.15, 0.2) is 0 Å². The molecule has 170 valence electrons. The summed E-state index contributed by atoms with van der Waals surface area (Å²) in [6.45, 7) is 3.76. The second-order valence-corrected chi connectivity index (χ2v) is 8.71. The highest BCUT2D eigenvalue weighted by Crippen LogP contribution is 2.35. The van der Waals surface area contributed by atoms with E-state index in [1.54, 1.807) is 36.9 Å². The number of carbonyl (C=O) groups excluding carboxylic acids is 2. The van der Waals surface area contributed by atoms with Gasteiger partial charge in [-0.3, -0.25) is 19.6 Å². The minimum Gasteiger partial charge on any atom is -0.356 e. The van der Waals surface area contributed by atoms with Crippen LogP contribution in [0.4, 0.5) is 0 Å². The molecule has 1 N–H and O–H groups in total. The number of pyridine rings is 2. The van der Waals surface area contributed by atoms with Gasteiger partial charge in [-0.05, 0) is 66.6 Å². The van der Waals surface area contributed by atoms with E-state index in [0.717, 1.165) is 36.0 Å². The number of carbonyl (C=O) groups is 2. The zero-order valence-electron chi connectivity index (χ0n) is 19.0. The minimum atomic E-state index is -0.645. The molecule has 3 heterocycles. The van der Waals surface area contributed by atoms with E-state index in [9.17, 15) is 9.59 Å². The van der Waals surface area contributed by atoms with E-state index in [2.05, 4.69) is 39.6 Å². The second kappa shape index (κ2) is 10.4. The second-order valence-electron chi connectivity index (χ2n) is 8.71. The number of hydrogen-bond donors (Lipinski definition) is 1. The van der Waals surface area contributed by atoms with Crippen LogP contribution in [0, 0.1) is 5.41 Å². The van der Waals surface area contributed by atoms with E-state index in [1.165, 1.54) is 0 Å². The number of nitrogens with one attached hydrogen (secondary N) is 1. The van der Waals surface area contributed by atoms with Gasteiger partial charge >= 0.3 is 0 Å². The van der Waals surface area contributed by atoms with Gasteiger partial charge < -0.3 is 10.2 Å². The lowest BCUT2D eigenvalue weighted by atomic mass is 9.74. The summed E-state index contributed by atoms with van der Waals surface area (Å²) in [6.07, 6.45) is 9.85. The SMILES string of the molecule is CCCNC(=O)C1(Cc2ccc(-c3ccncc3)cc2)CCCN(C(=O)c2ccncc2)C1. The average molecular weight is 443 g/mol. The number of aromatic nitrogens is 2. The molecule has 33 heavy (non-hydrogen) atoms. The maximum atomic E-state index is 13.4. The topological polar surface area (TPSA) is 75.2 Å². The van der Waals surface area contributed by atoms with Gasteiger partial charge in [0.05, 0.1) is 5.41 Å². The molecule has 1 unspecified atom stereocenters. The summed E-state index contributed by atoms with van der Waals surface area (Å²) in [5, 5.41) is 3.11. The van der Waals surface area contributed by atoms with Crippen molar-refractivity contribution >= 4 is 11.8 Å². The summed E-state index contributed by atoms with van der Waals surface area (Å²) in [4.78, 5) is 36.5. The van der Waals surface area contributed by atoms with Crippen molar-refractivity contribution in [3.63, 3.8) is 0 Å².